The Morgan fingerprint density at radius 2 is 1.14 bits per heavy atom. The molecule has 4 nitrogen and oxygen atoms in total. The molecule has 36 heavy (non-hydrogen) atoms. The molecule has 1 aliphatic carbocycles. The number of allylic oxidation sites excluding steroid dienone is 4. The van der Waals surface area contributed by atoms with Gasteiger partial charge < -0.3 is 0 Å². The predicted octanol–water partition coefficient (Wildman–Crippen LogP) is 6.54. The van der Waals surface area contributed by atoms with Crippen LogP contribution in [0.5, 0.6) is 0 Å². The summed E-state index contributed by atoms with van der Waals surface area (Å²) < 4.78 is 2.98. The number of para-hydroxylation sites is 1. The van der Waals surface area contributed by atoms with Gasteiger partial charge in [0.15, 0.2) is 0 Å². The standard InChI is InChI=1S/C32H24N2O2/c35-31-29-13-7-8-14-30(29)33(27-19-15-25(16-20-27)23-9-3-1-4-10-23)32(36)34(31)28-21-17-26(18-22-28)24-11-5-2-6-12-24/h1-17,19-21H,18,22H2. The third-order valence-corrected chi connectivity index (χ3v) is 6.75. The second kappa shape index (κ2) is 9.16. The van der Waals surface area contributed by atoms with Crippen molar-refractivity contribution in [2.75, 3.05) is 0 Å². The Bertz CT molecular complexity index is 1740. The van der Waals surface area contributed by atoms with E-state index in [1.165, 1.54) is 10.1 Å². The van der Waals surface area contributed by atoms with Crippen molar-refractivity contribution < 1.29 is 0 Å². The molecule has 0 N–H and O–H groups in total. The van der Waals surface area contributed by atoms with E-state index in [9.17, 15) is 9.59 Å². The molecule has 1 heterocycles. The van der Waals surface area contributed by atoms with Crippen molar-refractivity contribution in [2.24, 2.45) is 0 Å². The molecule has 0 amide bonds. The third kappa shape index (κ3) is 3.83. The monoisotopic (exact) mass is 468 g/mol. The van der Waals surface area contributed by atoms with Gasteiger partial charge in [-0.15, -0.1) is 0 Å². The van der Waals surface area contributed by atoms with Gasteiger partial charge in [0, 0.05) is 5.70 Å². The van der Waals surface area contributed by atoms with Crippen LogP contribution in [0.2, 0.25) is 0 Å². The van der Waals surface area contributed by atoms with Crippen LogP contribution in [0.15, 0.2) is 131 Å². The van der Waals surface area contributed by atoms with Crippen LogP contribution in [0, 0.1) is 0 Å². The van der Waals surface area contributed by atoms with Crippen LogP contribution < -0.4 is 11.2 Å². The number of rotatable bonds is 4. The van der Waals surface area contributed by atoms with Crippen LogP contribution in [0.1, 0.15) is 18.4 Å². The van der Waals surface area contributed by atoms with Crippen molar-refractivity contribution in [3.63, 3.8) is 0 Å². The molecule has 4 heteroatoms. The van der Waals surface area contributed by atoms with Gasteiger partial charge >= 0.3 is 5.69 Å². The molecule has 6 rings (SSSR count). The molecule has 1 aliphatic rings. The Labute approximate surface area is 208 Å². The number of hydrogen-bond acceptors (Lipinski definition) is 2. The molecule has 0 atom stereocenters. The minimum Gasteiger partial charge on any atom is -0.268 e. The van der Waals surface area contributed by atoms with Crippen molar-refractivity contribution in [3.8, 4) is 16.8 Å². The minimum atomic E-state index is -0.353. The largest absolute Gasteiger partial charge is 0.340 e. The molecule has 0 bridgehead atoms. The molecule has 174 valence electrons. The fourth-order valence-corrected chi connectivity index (χ4v) is 4.90. The second-order valence-electron chi connectivity index (χ2n) is 8.90. The van der Waals surface area contributed by atoms with Crippen LogP contribution >= 0.6 is 0 Å². The zero-order valence-corrected chi connectivity index (χ0v) is 19.7. The Morgan fingerprint density at radius 3 is 1.81 bits per heavy atom. The average molecular weight is 469 g/mol. The van der Waals surface area contributed by atoms with Gasteiger partial charge in [0.2, 0.25) is 0 Å². The van der Waals surface area contributed by atoms with E-state index in [-0.39, 0.29) is 11.2 Å². The van der Waals surface area contributed by atoms with Gasteiger partial charge in [-0.25, -0.2) is 9.36 Å². The number of nitrogens with zero attached hydrogens (tertiary/aromatic N) is 2. The lowest BCUT2D eigenvalue weighted by Crippen LogP contribution is -2.39. The van der Waals surface area contributed by atoms with Crippen LogP contribution in [0.3, 0.4) is 0 Å². The van der Waals surface area contributed by atoms with E-state index in [2.05, 4.69) is 24.3 Å². The fraction of sp³-hybridized carbons (Fsp3) is 0.0625. The second-order valence-corrected chi connectivity index (χ2v) is 8.90. The first-order valence-corrected chi connectivity index (χ1v) is 12.1. The Hall–Kier alpha value is -4.70. The Morgan fingerprint density at radius 1 is 0.528 bits per heavy atom. The van der Waals surface area contributed by atoms with Crippen molar-refractivity contribution in [3.05, 3.63) is 148 Å². The summed E-state index contributed by atoms with van der Waals surface area (Å²) in [6.45, 7) is 0. The van der Waals surface area contributed by atoms with Crippen molar-refractivity contribution in [2.45, 2.75) is 12.8 Å². The van der Waals surface area contributed by atoms with Crippen molar-refractivity contribution in [1.29, 1.82) is 0 Å². The predicted molar refractivity (Wildman–Crippen MR) is 147 cm³/mol. The lowest BCUT2D eigenvalue weighted by molar-refractivity contribution is 0.814. The molecule has 0 unspecified atom stereocenters. The molecule has 0 fully saturated rings. The van der Waals surface area contributed by atoms with E-state index in [0.29, 0.717) is 23.0 Å². The molecule has 1 aromatic heterocycles. The lowest BCUT2D eigenvalue weighted by atomic mass is 9.96. The Balaban J connectivity index is 1.50. The van der Waals surface area contributed by atoms with E-state index >= 15 is 0 Å². The maximum absolute atomic E-state index is 13.9. The van der Waals surface area contributed by atoms with Gasteiger partial charge in [-0.1, -0.05) is 91.0 Å². The highest BCUT2D eigenvalue weighted by atomic mass is 16.2. The highest BCUT2D eigenvalue weighted by molar-refractivity contribution is 5.81. The summed E-state index contributed by atoms with van der Waals surface area (Å²) in [5, 5.41) is 0.517. The van der Waals surface area contributed by atoms with Gasteiger partial charge in [0.05, 0.1) is 16.6 Å². The zero-order chi connectivity index (χ0) is 24.5. The van der Waals surface area contributed by atoms with Gasteiger partial charge in [-0.05, 0) is 65.4 Å². The maximum atomic E-state index is 13.9. The fourth-order valence-electron chi connectivity index (χ4n) is 4.90. The van der Waals surface area contributed by atoms with Gasteiger partial charge in [0.1, 0.15) is 0 Å². The highest BCUT2D eigenvalue weighted by Crippen LogP contribution is 2.28. The summed E-state index contributed by atoms with van der Waals surface area (Å²) in [5.41, 5.74) is 5.95. The molecule has 0 saturated heterocycles. The van der Waals surface area contributed by atoms with Gasteiger partial charge in [0.25, 0.3) is 5.56 Å². The minimum absolute atomic E-state index is 0.282. The van der Waals surface area contributed by atoms with Crippen LogP contribution in [-0.2, 0) is 0 Å². The summed E-state index contributed by atoms with van der Waals surface area (Å²) in [4.78, 5) is 27.4. The first-order chi connectivity index (χ1) is 17.7. The molecule has 4 aromatic carbocycles. The quantitative estimate of drug-likeness (QED) is 0.301. The van der Waals surface area contributed by atoms with Crippen LogP contribution in [0.25, 0.3) is 39.0 Å². The summed E-state index contributed by atoms with van der Waals surface area (Å²) in [6, 6.07) is 35.5. The number of aromatic nitrogens is 2. The topological polar surface area (TPSA) is 44.0 Å². The molecular weight excluding hydrogens is 444 g/mol. The van der Waals surface area contributed by atoms with Crippen molar-refractivity contribution in [1.82, 2.24) is 9.13 Å². The summed E-state index contributed by atoms with van der Waals surface area (Å²) >= 11 is 0. The smallest absolute Gasteiger partial charge is 0.268 e. The van der Waals surface area contributed by atoms with Gasteiger partial charge in [-0.3, -0.25) is 9.36 Å². The van der Waals surface area contributed by atoms with E-state index in [1.807, 2.05) is 91.0 Å². The maximum Gasteiger partial charge on any atom is 0.340 e. The number of hydrogen-bond donors (Lipinski definition) is 0. The zero-order valence-electron chi connectivity index (χ0n) is 19.7. The third-order valence-electron chi connectivity index (χ3n) is 6.75. The summed E-state index contributed by atoms with van der Waals surface area (Å²) in [7, 11) is 0. The normalized spacial score (nSPS) is 13.3. The molecule has 0 spiro atoms. The SMILES string of the molecule is O=c1c2ccccc2n(-c2ccc(-c3ccccc3)cc2)c(=O)n1C1=CC=C(c2ccccc2)CC1. The molecule has 0 radical (unpaired) electrons. The van der Waals surface area contributed by atoms with Crippen molar-refractivity contribution >= 4 is 22.2 Å². The number of benzene rings is 4. The number of fused-ring (bicyclic) bond motifs is 1. The van der Waals surface area contributed by atoms with E-state index < -0.39 is 0 Å². The first kappa shape index (κ1) is 21.8. The molecule has 5 aromatic rings. The highest BCUT2D eigenvalue weighted by Gasteiger charge is 2.19. The molecule has 0 saturated carbocycles. The van der Waals surface area contributed by atoms with E-state index in [1.54, 1.807) is 10.6 Å². The van der Waals surface area contributed by atoms with E-state index in [0.717, 1.165) is 28.8 Å². The van der Waals surface area contributed by atoms with Crippen LogP contribution in [0.4, 0.5) is 0 Å². The van der Waals surface area contributed by atoms with E-state index in [4.69, 9.17) is 0 Å². The molecular formula is C32H24N2O2. The summed E-state index contributed by atoms with van der Waals surface area (Å²) in [6.07, 6.45) is 5.31. The summed E-state index contributed by atoms with van der Waals surface area (Å²) in [5.74, 6) is 0. The first-order valence-electron chi connectivity index (χ1n) is 12.1. The lowest BCUT2D eigenvalue weighted by Gasteiger charge is -2.19. The molecule has 0 aliphatic heterocycles. The Kier molecular flexibility index (Phi) is 5.55. The van der Waals surface area contributed by atoms with Crippen LogP contribution in [-0.4, -0.2) is 9.13 Å². The average Bonchev–Trinajstić information content (AvgIpc) is 2.95. The van der Waals surface area contributed by atoms with Gasteiger partial charge in [-0.2, -0.15) is 0 Å².